The lowest BCUT2D eigenvalue weighted by atomic mass is 10.2. The van der Waals surface area contributed by atoms with E-state index in [-0.39, 0.29) is 21.4 Å². The summed E-state index contributed by atoms with van der Waals surface area (Å²) in [6.45, 7) is 1.31. The highest BCUT2D eigenvalue weighted by Crippen LogP contribution is 2.21. The Morgan fingerprint density at radius 3 is 2.62 bits per heavy atom. The van der Waals surface area contributed by atoms with Crippen molar-refractivity contribution >= 4 is 33.5 Å². The summed E-state index contributed by atoms with van der Waals surface area (Å²) in [7, 11) is -2.47. The molecule has 0 saturated carbocycles. The number of esters is 1. The number of amides is 1. The molecular formula is C14H17ClN2O6S. The van der Waals surface area contributed by atoms with E-state index in [9.17, 15) is 18.0 Å². The number of hydrogen-bond acceptors (Lipinski definition) is 6. The number of nitrogens with zero attached hydrogens (tertiary/aromatic N) is 1. The van der Waals surface area contributed by atoms with Gasteiger partial charge in [-0.2, -0.15) is 0 Å². The van der Waals surface area contributed by atoms with Crippen LogP contribution in [-0.2, 0) is 24.3 Å². The average molecular weight is 377 g/mol. The largest absolute Gasteiger partial charge is 0.452 e. The predicted octanol–water partition coefficient (Wildman–Crippen LogP) is 0.264. The molecule has 1 aromatic rings. The molecule has 0 radical (unpaired) electrons. The van der Waals surface area contributed by atoms with Crippen LogP contribution < -0.4 is 4.72 Å². The number of rotatable bonds is 5. The van der Waals surface area contributed by atoms with E-state index in [1.165, 1.54) is 24.1 Å². The van der Waals surface area contributed by atoms with Crippen LogP contribution in [-0.4, -0.2) is 65.2 Å². The molecule has 24 heavy (non-hydrogen) atoms. The van der Waals surface area contributed by atoms with E-state index < -0.39 is 22.6 Å². The van der Waals surface area contributed by atoms with Crippen LogP contribution >= 0.6 is 11.6 Å². The number of benzene rings is 1. The standard InChI is InChI=1S/C14H17ClN2O6S/c1-16-24(20,21)10-2-3-12(15)11(8-10)14(19)23-9-13(18)17-4-6-22-7-5-17/h2-3,8,16H,4-7,9H2,1H3. The Morgan fingerprint density at radius 1 is 1.33 bits per heavy atom. The van der Waals surface area contributed by atoms with Gasteiger partial charge in [0.05, 0.1) is 28.7 Å². The lowest BCUT2D eigenvalue weighted by Crippen LogP contribution is -2.42. The Kier molecular flexibility index (Phi) is 6.16. The summed E-state index contributed by atoms with van der Waals surface area (Å²) in [6.07, 6.45) is 0. The zero-order chi connectivity index (χ0) is 17.7. The molecule has 1 aromatic carbocycles. The number of halogens is 1. The number of carbonyl (C=O) groups excluding carboxylic acids is 2. The molecule has 0 aromatic heterocycles. The molecule has 1 aliphatic rings. The smallest absolute Gasteiger partial charge is 0.340 e. The zero-order valence-electron chi connectivity index (χ0n) is 13.0. The Hall–Kier alpha value is -1.68. The summed E-state index contributed by atoms with van der Waals surface area (Å²) in [5.41, 5.74) is -0.122. The molecule has 1 aliphatic heterocycles. The van der Waals surface area contributed by atoms with Gasteiger partial charge in [0.25, 0.3) is 5.91 Å². The normalized spacial score (nSPS) is 15.2. The SMILES string of the molecule is CNS(=O)(=O)c1ccc(Cl)c(C(=O)OCC(=O)N2CCOCC2)c1. The Balaban J connectivity index is 2.06. The van der Waals surface area contributed by atoms with Gasteiger partial charge in [-0.05, 0) is 25.2 Å². The van der Waals surface area contributed by atoms with Crippen molar-refractivity contribution < 1.29 is 27.5 Å². The topological polar surface area (TPSA) is 102 Å². The molecular weight excluding hydrogens is 360 g/mol. The highest BCUT2D eigenvalue weighted by molar-refractivity contribution is 7.89. The Labute approximate surface area is 144 Å². The Bertz CT molecular complexity index is 731. The fourth-order valence-corrected chi connectivity index (χ4v) is 3.01. The van der Waals surface area contributed by atoms with E-state index in [0.717, 1.165) is 6.07 Å². The lowest BCUT2D eigenvalue weighted by molar-refractivity contribution is -0.138. The summed E-state index contributed by atoms with van der Waals surface area (Å²) in [4.78, 5) is 25.5. The predicted molar refractivity (Wildman–Crippen MR) is 85.4 cm³/mol. The van der Waals surface area contributed by atoms with Crippen LogP contribution in [0.1, 0.15) is 10.4 Å². The van der Waals surface area contributed by atoms with E-state index in [2.05, 4.69) is 4.72 Å². The van der Waals surface area contributed by atoms with Crippen LogP contribution in [0.5, 0.6) is 0 Å². The summed E-state index contributed by atoms with van der Waals surface area (Å²) >= 11 is 5.92. The van der Waals surface area contributed by atoms with Gasteiger partial charge in [0.15, 0.2) is 6.61 Å². The molecule has 8 nitrogen and oxygen atoms in total. The van der Waals surface area contributed by atoms with Gasteiger partial charge in [0, 0.05) is 13.1 Å². The van der Waals surface area contributed by atoms with E-state index in [4.69, 9.17) is 21.1 Å². The monoisotopic (exact) mass is 376 g/mol. The van der Waals surface area contributed by atoms with Crippen LogP contribution in [0.3, 0.4) is 0 Å². The molecule has 0 spiro atoms. The van der Waals surface area contributed by atoms with Gasteiger partial charge < -0.3 is 14.4 Å². The van der Waals surface area contributed by atoms with Gasteiger partial charge in [-0.1, -0.05) is 11.6 Å². The minimum atomic E-state index is -3.72. The zero-order valence-corrected chi connectivity index (χ0v) is 14.5. The molecule has 2 rings (SSSR count). The minimum absolute atomic E-state index is 0.0360. The van der Waals surface area contributed by atoms with Gasteiger partial charge in [-0.3, -0.25) is 4.79 Å². The summed E-state index contributed by atoms with van der Waals surface area (Å²) < 4.78 is 35.8. The second kappa shape index (κ2) is 7.93. The van der Waals surface area contributed by atoms with Gasteiger partial charge in [0.2, 0.25) is 10.0 Å². The molecule has 1 N–H and O–H groups in total. The minimum Gasteiger partial charge on any atom is -0.452 e. The van der Waals surface area contributed by atoms with Crippen LogP contribution in [0.25, 0.3) is 0 Å². The van der Waals surface area contributed by atoms with Crippen molar-refractivity contribution in [3.8, 4) is 0 Å². The molecule has 0 unspecified atom stereocenters. The fourth-order valence-electron chi connectivity index (χ4n) is 2.05. The van der Waals surface area contributed by atoms with Crippen molar-refractivity contribution in [1.29, 1.82) is 0 Å². The van der Waals surface area contributed by atoms with E-state index in [1.807, 2.05) is 0 Å². The number of nitrogens with one attached hydrogen (secondary N) is 1. The molecule has 0 aliphatic carbocycles. The second-order valence-corrected chi connectivity index (χ2v) is 7.21. The van der Waals surface area contributed by atoms with E-state index in [0.29, 0.717) is 26.3 Å². The van der Waals surface area contributed by atoms with Crippen molar-refractivity contribution in [2.24, 2.45) is 0 Å². The first kappa shape index (κ1) is 18.7. The maximum absolute atomic E-state index is 12.1. The molecule has 1 saturated heterocycles. The van der Waals surface area contributed by atoms with Crippen molar-refractivity contribution in [2.45, 2.75) is 4.90 Å². The number of morpholine rings is 1. The van der Waals surface area contributed by atoms with Gasteiger partial charge in [-0.15, -0.1) is 0 Å². The number of ether oxygens (including phenoxy) is 2. The third-order valence-electron chi connectivity index (χ3n) is 3.43. The van der Waals surface area contributed by atoms with Gasteiger partial charge in [-0.25, -0.2) is 17.9 Å². The first-order valence-corrected chi connectivity index (χ1v) is 8.97. The third-order valence-corrected chi connectivity index (χ3v) is 5.17. The first-order chi connectivity index (χ1) is 11.3. The van der Waals surface area contributed by atoms with Crippen molar-refractivity contribution in [3.63, 3.8) is 0 Å². The molecule has 10 heteroatoms. The summed E-state index contributed by atoms with van der Waals surface area (Å²) in [5.74, 6) is -1.21. The van der Waals surface area contributed by atoms with Crippen LogP contribution in [0.15, 0.2) is 23.1 Å². The van der Waals surface area contributed by atoms with Crippen molar-refractivity contribution in [3.05, 3.63) is 28.8 Å². The molecule has 0 atom stereocenters. The maximum Gasteiger partial charge on any atom is 0.340 e. The maximum atomic E-state index is 12.1. The fraction of sp³-hybridized carbons (Fsp3) is 0.429. The summed E-state index contributed by atoms with van der Waals surface area (Å²) in [5, 5.41) is 0.0360. The van der Waals surface area contributed by atoms with Crippen LogP contribution in [0, 0.1) is 0 Å². The van der Waals surface area contributed by atoms with E-state index >= 15 is 0 Å². The van der Waals surface area contributed by atoms with Crippen molar-refractivity contribution in [1.82, 2.24) is 9.62 Å². The molecule has 0 bridgehead atoms. The number of hydrogen-bond donors (Lipinski definition) is 1. The number of carbonyl (C=O) groups is 2. The second-order valence-electron chi connectivity index (χ2n) is 4.92. The van der Waals surface area contributed by atoms with Gasteiger partial charge in [0.1, 0.15) is 0 Å². The lowest BCUT2D eigenvalue weighted by Gasteiger charge is -2.26. The summed E-state index contributed by atoms with van der Waals surface area (Å²) in [6, 6.07) is 3.66. The molecule has 1 heterocycles. The molecule has 132 valence electrons. The number of sulfonamides is 1. The quantitative estimate of drug-likeness (QED) is 0.740. The molecule has 1 amide bonds. The Morgan fingerprint density at radius 2 is 2.00 bits per heavy atom. The van der Waals surface area contributed by atoms with Crippen LogP contribution in [0.4, 0.5) is 0 Å². The highest BCUT2D eigenvalue weighted by atomic mass is 35.5. The molecule has 1 fully saturated rings. The van der Waals surface area contributed by atoms with E-state index in [1.54, 1.807) is 0 Å². The first-order valence-electron chi connectivity index (χ1n) is 7.11. The van der Waals surface area contributed by atoms with Crippen LogP contribution in [0.2, 0.25) is 5.02 Å². The third kappa shape index (κ3) is 4.44. The van der Waals surface area contributed by atoms with Gasteiger partial charge >= 0.3 is 5.97 Å². The average Bonchev–Trinajstić information content (AvgIpc) is 2.60. The highest BCUT2D eigenvalue weighted by Gasteiger charge is 2.21. The van der Waals surface area contributed by atoms with Crippen molar-refractivity contribution in [2.75, 3.05) is 40.0 Å².